The molecule has 0 saturated carbocycles. The summed E-state index contributed by atoms with van der Waals surface area (Å²) in [6.07, 6.45) is 0.827. The van der Waals surface area contributed by atoms with E-state index in [0.717, 1.165) is 23.2 Å². The molecular formula is C18H18FN5O. The fourth-order valence-electron chi connectivity index (χ4n) is 2.53. The van der Waals surface area contributed by atoms with Crippen LogP contribution in [0.2, 0.25) is 0 Å². The number of rotatable bonds is 5. The third-order valence-corrected chi connectivity index (χ3v) is 3.84. The third-order valence-electron chi connectivity index (χ3n) is 3.84. The monoisotopic (exact) mass is 339 g/mol. The zero-order valence-corrected chi connectivity index (χ0v) is 14.0. The van der Waals surface area contributed by atoms with Crippen molar-refractivity contribution in [3.63, 3.8) is 0 Å². The van der Waals surface area contributed by atoms with Crippen LogP contribution < -0.4 is 5.32 Å². The van der Waals surface area contributed by atoms with Crippen molar-refractivity contribution in [2.24, 2.45) is 0 Å². The van der Waals surface area contributed by atoms with Gasteiger partial charge in [0.2, 0.25) is 11.7 Å². The maximum Gasteiger partial charge on any atom is 0.248 e. The number of nitrogens with one attached hydrogen (secondary N) is 1. The average molecular weight is 339 g/mol. The van der Waals surface area contributed by atoms with Crippen molar-refractivity contribution in [3.05, 3.63) is 59.4 Å². The molecule has 1 heterocycles. The van der Waals surface area contributed by atoms with E-state index in [1.165, 1.54) is 16.9 Å². The predicted octanol–water partition coefficient (Wildman–Crippen LogP) is 2.99. The third kappa shape index (κ3) is 3.88. The predicted molar refractivity (Wildman–Crippen MR) is 92.4 cm³/mol. The highest BCUT2D eigenvalue weighted by Gasteiger charge is 2.12. The highest BCUT2D eigenvalue weighted by atomic mass is 19.1. The quantitative estimate of drug-likeness (QED) is 0.775. The maximum atomic E-state index is 13.0. The Balaban J connectivity index is 1.71. The Hall–Kier alpha value is -3.09. The molecule has 25 heavy (non-hydrogen) atoms. The van der Waals surface area contributed by atoms with Crippen molar-refractivity contribution in [2.45, 2.75) is 26.8 Å². The lowest BCUT2D eigenvalue weighted by molar-refractivity contribution is -0.117. The van der Waals surface area contributed by atoms with E-state index < -0.39 is 0 Å². The van der Waals surface area contributed by atoms with E-state index in [1.54, 1.807) is 12.1 Å². The first-order valence-electron chi connectivity index (χ1n) is 7.99. The number of halogens is 1. The van der Waals surface area contributed by atoms with Gasteiger partial charge >= 0.3 is 0 Å². The van der Waals surface area contributed by atoms with Crippen molar-refractivity contribution < 1.29 is 9.18 Å². The zero-order chi connectivity index (χ0) is 17.8. The molecular weight excluding hydrogens is 321 g/mol. The van der Waals surface area contributed by atoms with E-state index >= 15 is 0 Å². The molecule has 7 heteroatoms. The van der Waals surface area contributed by atoms with Crippen LogP contribution in [0.3, 0.4) is 0 Å². The van der Waals surface area contributed by atoms with Gasteiger partial charge in [0.15, 0.2) is 0 Å². The molecule has 0 bridgehead atoms. The summed E-state index contributed by atoms with van der Waals surface area (Å²) in [5.41, 5.74) is 3.55. The summed E-state index contributed by atoms with van der Waals surface area (Å²) in [6.45, 7) is 3.94. The Morgan fingerprint density at radius 1 is 1.20 bits per heavy atom. The van der Waals surface area contributed by atoms with E-state index in [2.05, 4.69) is 20.7 Å². The molecule has 0 radical (unpaired) electrons. The van der Waals surface area contributed by atoms with Crippen LogP contribution in [0.25, 0.3) is 11.4 Å². The summed E-state index contributed by atoms with van der Waals surface area (Å²) in [5.74, 6) is -0.217. The van der Waals surface area contributed by atoms with E-state index in [9.17, 15) is 9.18 Å². The Morgan fingerprint density at radius 3 is 2.68 bits per heavy atom. The molecule has 0 unspecified atom stereocenters. The second-order valence-electron chi connectivity index (χ2n) is 5.66. The van der Waals surface area contributed by atoms with Crippen LogP contribution in [-0.4, -0.2) is 26.1 Å². The molecule has 1 aromatic heterocycles. The molecule has 0 spiro atoms. The van der Waals surface area contributed by atoms with Crippen molar-refractivity contribution in [3.8, 4) is 11.4 Å². The van der Waals surface area contributed by atoms with Crippen molar-refractivity contribution in [1.29, 1.82) is 0 Å². The first kappa shape index (κ1) is 16.8. The van der Waals surface area contributed by atoms with Gasteiger partial charge in [-0.05, 0) is 54.0 Å². The van der Waals surface area contributed by atoms with Gasteiger partial charge in [0.25, 0.3) is 0 Å². The maximum absolute atomic E-state index is 13.0. The van der Waals surface area contributed by atoms with Gasteiger partial charge in [0.1, 0.15) is 12.4 Å². The van der Waals surface area contributed by atoms with E-state index in [1.807, 2.05) is 32.0 Å². The molecule has 128 valence electrons. The van der Waals surface area contributed by atoms with Crippen LogP contribution in [0.15, 0.2) is 42.5 Å². The molecule has 0 aliphatic carbocycles. The minimum absolute atomic E-state index is 0.0499. The van der Waals surface area contributed by atoms with Crippen LogP contribution in [0.1, 0.15) is 18.1 Å². The minimum atomic E-state index is -0.333. The van der Waals surface area contributed by atoms with Gasteiger partial charge in [0.05, 0.1) is 0 Å². The van der Waals surface area contributed by atoms with Gasteiger partial charge in [-0.3, -0.25) is 4.79 Å². The summed E-state index contributed by atoms with van der Waals surface area (Å²) >= 11 is 0. The molecule has 1 N–H and O–H groups in total. The van der Waals surface area contributed by atoms with Gasteiger partial charge in [-0.15, -0.1) is 10.2 Å². The number of tetrazole rings is 1. The summed E-state index contributed by atoms with van der Waals surface area (Å²) in [4.78, 5) is 13.5. The lowest BCUT2D eigenvalue weighted by atomic mass is 10.1. The second-order valence-corrected chi connectivity index (χ2v) is 5.66. The van der Waals surface area contributed by atoms with Crippen LogP contribution in [0.4, 0.5) is 10.1 Å². The van der Waals surface area contributed by atoms with Crippen molar-refractivity contribution in [1.82, 2.24) is 20.2 Å². The summed E-state index contributed by atoms with van der Waals surface area (Å²) in [5, 5.41) is 14.9. The topological polar surface area (TPSA) is 72.7 Å². The highest BCUT2D eigenvalue weighted by Crippen LogP contribution is 2.21. The number of anilines is 1. The fourth-order valence-corrected chi connectivity index (χ4v) is 2.53. The van der Waals surface area contributed by atoms with Crippen molar-refractivity contribution in [2.75, 3.05) is 5.32 Å². The Labute approximate surface area is 144 Å². The summed E-state index contributed by atoms with van der Waals surface area (Å²) < 4.78 is 13.0. The molecule has 3 aromatic rings. The number of aromatic nitrogens is 4. The average Bonchev–Trinajstić information content (AvgIpc) is 3.05. The molecule has 0 aliphatic rings. The smallest absolute Gasteiger partial charge is 0.248 e. The number of benzene rings is 2. The van der Waals surface area contributed by atoms with Crippen LogP contribution in [-0.2, 0) is 17.8 Å². The van der Waals surface area contributed by atoms with Crippen LogP contribution in [0.5, 0.6) is 0 Å². The first-order valence-corrected chi connectivity index (χ1v) is 7.99. The second kappa shape index (κ2) is 7.21. The van der Waals surface area contributed by atoms with Crippen LogP contribution >= 0.6 is 0 Å². The number of hydrogen-bond acceptors (Lipinski definition) is 4. The van der Waals surface area contributed by atoms with Gasteiger partial charge in [-0.25, -0.2) is 4.39 Å². The van der Waals surface area contributed by atoms with Gasteiger partial charge in [-0.1, -0.05) is 25.1 Å². The number of hydrogen-bond donors (Lipinski definition) is 1. The molecule has 0 aliphatic heterocycles. The normalized spacial score (nSPS) is 10.7. The molecule has 2 aromatic carbocycles. The van der Waals surface area contributed by atoms with Crippen LogP contribution in [0, 0.1) is 12.7 Å². The Kier molecular flexibility index (Phi) is 4.83. The number of carbonyl (C=O) groups excluding carboxylic acids is 1. The van der Waals surface area contributed by atoms with Crippen molar-refractivity contribution >= 4 is 11.6 Å². The molecule has 1 amide bonds. The number of aryl methyl sites for hydroxylation is 2. The number of carbonyl (C=O) groups is 1. The van der Waals surface area contributed by atoms with Gasteiger partial charge in [0, 0.05) is 11.3 Å². The number of para-hydroxylation sites is 1. The Morgan fingerprint density at radius 2 is 1.96 bits per heavy atom. The summed E-state index contributed by atoms with van der Waals surface area (Å²) in [7, 11) is 0. The van der Waals surface area contributed by atoms with E-state index in [4.69, 9.17) is 0 Å². The largest absolute Gasteiger partial charge is 0.324 e. The first-order chi connectivity index (χ1) is 12.1. The molecule has 3 rings (SSSR count). The lowest BCUT2D eigenvalue weighted by Crippen LogP contribution is -2.21. The zero-order valence-electron chi connectivity index (χ0n) is 14.0. The number of amides is 1. The number of nitrogens with zero attached hydrogens (tertiary/aromatic N) is 4. The minimum Gasteiger partial charge on any atom is -0.324 e. The molecule has 0 atom stereocenters. The molecule has 0 saturated heterocycles. The molecule has 6 nitrogen and oxygen atoms in total. The SMILES string of the molecule is CCc1cccc(C)c1NC(=O)Cn1nnc(-c2ccc(F)cc2)n1. The van der Waals surface area contributed by atoms with E-state index in [0.29, 0.717) is 11.4 Å². The van der Waals surface area contributed by atoms with Gasteiger partial charge < -0.3 is 5.32 Å². The standard InChI is InChI=1S/C18H18FN5O/c1-3-13-6-4-5-12(2)17(13)20-16(25)11-24-22-18(21-23-24)14-7-9-15(19)10-8-14/h4-10H,3,11H2,1-2H3,(H,20,25). The molecule has 0 fully saturated rings. The highest BCUT2D eigenvalue weighted by molar-refractivity contribution is 5.92. The fraction of sp³-hybridized carbons (Fsp3) is 0.222. The van der Waals surface area contributed by atoms with Gasteiger partial charge in [-0.2, -0.15) is 4.80 Å². The Bertz CT molecular complexity index is 889. The summed E-state index contributed by atoms with van der Waals surface area (Å²) in [6, 6.07) is 11.7. The lowest BCUT2D eigenvalue weighted by Gasteiger charge is -2.12. The van der Waals surface area contributed by atoms with E-state index in [-0.39, 0.29) is 18.3 Å².